The first-order valence-electron chi connectivity index (χ1n) is 8.88. The van der Waals surface area contributed by atoms with Crippen LogP contribution in [0.25, 0.3) is 0 Å². The molecule has 3 rings (SSSR count). The maximum absolute atomic E-state index is 5.87. The Morgan fingerprint density at radius 1 is 1.24 bits per heavy atom. The second-order valence-corrected chi connectivity index (χ2v) is 7.41. The molecule has 25 heavy (non-hydrogen) atoms. The molecule has 2 heterocycles. The molecule has 0 bridgehead atoms. The Hall–Kier alpha value is -0.830. The SMILES string of the molecule is CCNC(=NCc1cccc2c1OCCCO2)NCC1CCCS1.I. The summed E-state index contributed by atoms with van der Waals surface area (Å²) in [5.74, 6) is 3.84. The topological polar surface area (TPSA) is 54.9 Å². The molecule has 7 heteroatoms. The molecule has 1 atom stereocenters. The van der Waals surface area contributed by atoms with Gasteiger partial charge in [0.2, 0.25) is 0 Å². The number of nitrogens with one attached hydrogen (secondary N) is 2. The Morgan fingerprint density at radius 3 is 2.92 bits per heavy atom. The van der Waals surface area contributed by atoms with Gasteiger partial charge in [-0.1, -0.05) is 12.1 Å². The standard InChI is InChI=1S/C18H27N3O2S.HI/c1-2-19-18(21-13-15-7-4-11-24-15)20-12-14-6-3-8-16-17(14)23-10-5-9-22-16;/h3,6,8,15H,2,4-5,7,9-13H2,1H3,(H2,19,20,21);1H. The summed E-state index contributed by atoms with van der Waals surface area (Å²) >= 11 is 2.06. The van der Waals surface area contributed by atoms with E-state index in [9.17, 15) is 0 Å². The summed E-state index contributed by atoms with van der Waals surface area (Å²) in [6.07, 6.45) is 3.55. The number of guanidine groups is 1. The molecule has 1 fully saturated rings. The van der Waals surface area contributed by atoms with E-state index >= 15 is 0 Å². The number of rotatable bonds is 5. The largest absolute Gasteiger partial charge is 0.490 e. The fourth-order valence-corrected chi connectivity index (χ4v) is 4.10. The predicted molar refractivity (Wildman–Crippen MR) is 116 cm³/mol. The van der Waals surface area contributed by atoms with E-state index < -0.39 is 0 Å². The van der Waals surface area contributed by atoms with Crippen molar-refractivity contribution in [3.8, 4) is 11.5 Å². The van der Waals surface area contributed by atoms with Crippen molar-refractivity contribution in [3.05, 3.63) is 23.8 Å². The Kier molecular flexibility index (Phi) is 9.02. The van der Waals surface area contributed by atoms with Gasteiger partial charge in [-0.15, -0.1) is 24.0 Å². The van der Waals surface area contributed by atoms with Crippen LogP contribution in [0.15, 0.2) is 23.2 Å². The zero-order valence-electron chi connectivity index (χ0n) is 14.8. The van der Waals surface area contributed by atoms with Crippen molar-refractivity contribution in [2.24, 2.45) is 4.99 Å². The van der Waals surface area contributed by atoms with Crippen LogP contribution < -0.4 is 20.1 Å². The van der Waals surface area contributed by atoms with Crippen LogP contribution in [0.5, 0.6) is 11.5 Å². The van der Waals surface area contributed by atoms with Gasteiger partial charge in [0.1, 0.15) is 0 Å². The Labute approximate surface area is 171 Å². The molecule has 2 aliphatic rings. The Bertz CT molecular complexity index is 565. The number of hydrogen-bond donors (Lipinski definition) is 2. The molecule has 5 nitrogen and oxygen atoms in total. The van der Waals surface area contributed by atoms with E-state index in [2.05, 4.69) is 35.4 Å². The summed E-state index contributed by atoms with van der Waals surface area (Å²) in [6.45, 7) is 5.92. The minimum atomic E-state index is 0. The van der Waals surface area contributed by atoms with Gasteiger partial charge in [0.15, 0.2) is 17.5 Å². The molecular weight excluding hydrogens is 449 g/mol. The number of halogens is 1. The van der Waals surface area contributed by atoms with Crippen molar-refractivity contribution < 1.29 is 9.47 Å². The van der Waals surface area contributed by atoms with E-state index in [4.69, 9.17) is 14.5 Å². The van der Waals surface area contributed by atoms with Crippen LogP contribution in [-0.2, 0) is 6.54 Å². The Morgan fingerprint density at radius 2 is 2.12 bits per heavy atom. The first-order chi connectivity index (χ1) is 11.9. The van der Waals surface area contributed by atoms with Crippen molar-refractivity contribution in [2.45, 2.75) is 38.0 Å². The van der Waals surface area contributed by atoms with E-state index in [0.29, 0.717) is 25.0 Å². The molecule has 2 aliphatic heterocycles. The number of para-hydroxylation sites is 1. The number of aliphatic imine (C=N–C) groups is 1. The van der Waals surface area contributed by atoms with Gasteiger partial charge in [0.05, 0.1) is 19.8 Å². The third-order valence-corrected chi connectivity index (χ3v) is 5.52. The van der Waals surface area contributed by atoms with Crippen LogP contribution in [0.3, 0.4) is 0 Å². The molecule has 0 spiro atoms. The molecule has 0 saturated carbocycles. The fourth-order valence-electron chi connectivity index (χ4n) is 2.90. The van der Waals surface area contributed by atoms with Crippen LogP contribution in [0.1, 0.15) is 31.7 Å². The molecule has 0 aliphatic carbocycles. The van der Waals surface area contributed by atoms with Crippen LogP contribution in [0.2, 0.25) is 0 Å². The van der Waals surface area contributed by atoms with E-state index in [1.54, 1.807) is 0 Å². The highest BCUT2D eigenvalue weighted by molar-refractivity contribution is 14.0. The fraction of sp³-hybridized carbons (Fsp3) is 0.611. The molecule has 2 N–H and O–H groups in total. The van der Waals surface area contributed by atoms with Crippen molar-refractivity contribution in [1.29, 1.82) is 0 Å². The van der Waals surface area contributed by atoms with Gasteiger partial charge in [-0.3, -0.25) is 0 Å². The summed E-state index contributed by atoms with van der Waals surface area (Å²) < 4.78 is 11.6. The second-order valence-electron chi connectivity index (χ2n) is 6.01. The van der Waals surface area contributed by atoms with Crippen LogP contribution in [0.4, 0.5) is 0 Å². The first-order valence-corrected chi connectivity index (χ1v) is 9.93. The number of hydrogen-bond acceptors (Lipinski definition) is 4. The van der Waals surface area contributed by atoms with Gasteiger partial charge < -0.3 is 20.1 Å². The van der Waals surface area contributed by atoms with Crippen LogP contribution in [-0.4, -0.2) is 43.3 Å². The second kappa shape index (κ2) is 11.0. The molecular formula is C18H28IN3O2S. The molecule has 1 unspecified atom stereocenters. The number of thioether (sulfide) groups is 1. The molecule has 1 aromatic rings. The Balaban J connectivity index is 0.00000225. The normalized spacial score (nSPS) is 19.7. The van der Waals surface area contributed by atoms with Gasteiger partial charge in [-0.2, -0.15) is 11.8 Å². The van der Waals surface area contributed by atoms with Gasteiger partial charge in [-0.05, 0) is 31.6 Å². The maximum atomic E-state index is 5.87. The lowest BCUT2D eigenvalue weighted by atomic mass is 10.2. The lowest BCUT2D eigenvalue weighted by Crippen LogP contribution is -2.40. The summed E-state index contributed by atoms with van der Waals surface area (Å²) in [7, 11) is 0. The molecule has 0 aromatic heterocycles. The van der Waals surface area contributed by atoms with E-state index in [1.807, 2.05) is 12.1 Å². The van der Waals surface area contributed by atoms with Crippen molar-refractivity contribution in [3.63, 3.8) is 0 Å². The summed E-state index contributed by atoms with van der Waals surface area (Å²) in [6, 6.07) is 6.04. The van der Waals surface area contributed by atoms with Crippen LogP contribution in [0, 0.1) is 0 Å². The van der Waals surface area contributed by atoms with Gasteiger partial charge >= 0.3 is 0 Å². The summed E-state index contributed by atoms with van der Waals surface area (Å²) in [4.78, 5) is 4.73. The maximum Gasteiger partial charge on any atom is 0.191 e. The predicted octanol–water partition coefficient (Wildman–Crippen LogP) is 3.42. The van der Waals surface area contributed by atoms with Gasteiger partial charge in [0, 0.05) is 30.3 Å². The van der Waals surface area contributed by atoms with Crippen molar-refractivity contribution in [1.82, 2.24) is 10.6 Å². The minimum absolute atomic E-state index is 0. The number of nitrogens with zero attached hydrogens (tertiary/aromatic N) is 1. The van der Waals surface area contributed by atoms with Crippen LogP contribution >= 0.6 is 35.7 Å². The smallest absolute Gasteiger partial charge is 0.191 e. The highest BCUT2D eigenvalue weighted by atomic mass is 127. The summed E-state index contributed by atoms with van der Waals surface area (Å²) in [5.41, 5.74) is 1.07. The molecule has 0 amide bonds. The average Bonchev–Trinajstić information content (AvgIpc) is 3.00. The van der Waals surface area contributed by atoms with E-state index in [-0.39, 0.29) is 24.0 Å². The molecule has 0 radical (unpaired) electrons. The van der Waals surface area contributed by atoms with E-state index in [1.165, 1.54) is 18.6 Å². The number of benzene rings is 1. The van der Waals surface area contributed by atoms with E-state index in [0.717, 1.165) is 42.5 Å². The third kappa shape index (κ3) is 6.13. The lowest BCUT2D eigenvalue weighted by Gasteiger charge is -2.15. The molecule has 140 valence electrons. The highest BCUT2D eigenvalue weighted by Crippen LogP contribution is 2.33. The first kappa shape index (κ1) is 20.5. The average molecular weight is 477 g/mol. The summed E-state index contributed by atoms with van der Waals surface area (Å²) in [5, 5.41) is 7.51. The molecule has 1 saturated heterocycles. The number of ether oxygens (including phenoxy) is 2. The van der Waals surface area contributed by atoms with Crippen molar-refractivity contribution >= 4 is 41.7 Å². The third-order valence-electron chi connectivity index (χ3n) is 4.13. The van der Waals surface area contributed by atoms with Gasteiger partial charge in [-0.25, -0.2) is 4.99 Å². The lowest BCUT2D eigenvalue weighted by molar-refractivity contribution is 0.296. The minimum Gasteiger partial charge on any atom is -0.490 e. The zero-order valence-corrected chi connectivity index (χ0v) is 17.9. The van der Waals surface area contributed by atoms with Gasteiger partial charge in [0.25, 0.3) is 0 Å². The monoisotopic (exact) mass is 477 g/mol. The zero-order chi connectivity index (χ0) is 16.6. The quantitative estimate of drug-likeness (QED) is 0.387. The molecule has 1 aromatic carbocycles. The highest BCUT2D eigenvalue weighted by Gasteiger charge is 2.16. The van der Waals surface area contributed by atoms with Crippen molar-refractivity contribution in [2.75, 3.05) is 32.1 Å². The number of fused-ring (bicyclic) bond motifs is 1.